The molecule has 6 nitrogen and oxygen atoms in total. The quantitative estimate of drug-likeness (QED) is 0.253. The topological polar surface area (TPSA) is 112 Å². The van der Waals surface area contributed by atoms with E-state index in [2.05, 4.69) is 11.3 Å². The third kappa shape index (κ3) is 2.06. The number of nitrogen functional groups attached to an aromatic ring is 1. The molecule has 7 N–H and O–H groups in total. The molecule has 0 unspecified atom stereocenters. The van der Waals surface area contributed by atoms with Crippen LogP contribution in [-0.4, -0.2) is 11.8 Å². The van der Waals surface area contributed by atoms with Crippen LogP contribution in [0.3, 0.4) is 0 Å². The molecule has 1 aromatic rings. The van der Waals surface area contributed by atoms with E-state index < -0.39 is 5.91 Å². The molecule has 0 aliphatic rings. The Labute approximate surface area is 80.2 Å². The smallest absolute Gasteiger partial charge is 0.290 e. The van der Waals surface area contributed by atoms with E-state index in [4.69, 9.17) is 5.84 Å². The normalized spacial score (nSPS) is 9.29. The molecule has 0 heterocycles. The number of nitrogens with one attached hydrogen (secondary N) is 2. The maximum absolute atomic E-state index is 11.1. The summed E-state index contributed by atoms with van der Waals surface area (Å²) in [6.45, 7) is 0. The number of nitrogens with two attached hydrogens (primary N) is 1. The lowest BCUT2D eigenvalue weighted by atomic mass is 10.1. The van der Waals surface area contributed by atoms with Crippen molar-refractivity contribution in [3.8, 4) is 0 Å². The van der Waals surface area contributed by atoms with E-state index in [0.717, 1.165) is 0 Å². The number of carbonyl (C=O) groups is 2. The van der Waals surface area contributed by atoms with Crippen LogP contribution < -0.4 is 22.5 Å². The molecule has 74 valence electrons. The van der Waals surface area contributed by atoms with Gasteiger partial charge >= 0.3 is 0 Å². The van der Waals surface area contributed by atoms with Gasteiger partial charge < -0.3 is 0 Å². The third-order valence-electron chi connectivity index (χ3n) is 1.68. The Morgan fingerprint density at radius 3 is 2.29 bits per heavy atom. The van der Waals surface area contributed by atoms with E-state index in [1.807, 2.05) is 5.43 Å². The van der Waals surface area contributed by atoms with Crippen LogP contribution in [0.25, 0.3) is 0 Å². The summed E-state index contributed by atoms with van der Waals surface area (Å²) in [5.74, 6) is 7.39. The first-order valence-electron chi connectivity index (χ1n) is 3.87. The molecule has 2 amide bonds. The van der Waals surface area contributed by atoms with E-state index in [-0.39, 0.29) is 5.91 Å². The second-order valence-electron chi connectivity index (χ2n) is 2.56. The van der Waals surface area contributed by atoms with Crippen molar-refractivity contribution >= 4 is 11.8 Å². The minimum atomic E-state index is -0.441. The predicted octanol–water partition coefficient (Wildman–Crippen LogP) is -1.82. The van der Waals surface area contributed by atoms with Crippen LogP contribution in [0.15, 0.2) is 24.3 Å². The molecule has 0 aliphatic heterocycles. The molecule has 0 saturated carbocycles. The molecule has 1 aromatic carbocycles. The number of rotatable bonds is 2. The van der Waals surface area contributed by atoms with Gasteiger partial charge in [-0.05, 0) is 18.2 Å². The van der Waals surface area contributed by atoms with Gasteiger partial charge in [0, 0.05) is 11.1 Å². The van der Waals surface area contributed by atoms with Crippen LogP contribution >= 0.6 is 0 Å². The number of benzene rings is 1. The second kappa shape index (κ2) is 4.35. The first kappa shape index (κ1) is 10.2. The summed E-state index contributed by atoms with van der Waals surface area (Å²) in [6, 6.07) is 6.16. The fraction of sp³-hybridized carbons (Fsp3) is 0. The molecule has 0 aromatic heterocycles. The van der Waals surface area contributed by atoms with Gasteiger partial charge in [0.25, 0.3) is 11.8 Å². The lowest BCUT2D eigenvalue weighted by Gasteiger charge is -2.01. The molecule has 0 saturated heterocycles. The first-order valence-corrected chi connectivity index (χ1v) is 3.87. The molecular formula is C8H11N4O2+. The zero-order valence-electron chi connectivity index (χ0n) is 7.41. The van der Waals surface area contributed by atoms with Crippen LogP contribution in [0.1, 0.15) is 20.7 Å². The van der Waals surface area contributed by atoms with Crippen molar-refractivity contribution in [1.29, 1.82) is 0 Å². The Bertz CT molecular complexity index is 333. The van der Waals surface area contributed by atoms with Crippen LogP contribution in [0.2, 0.25) is 0 Å². The molecule has 0 fully saturated rings. The minimum Gasteiger partial charge on any atom is -0.290 e. The number of amides is 2. The highest BCUT2D eigenvalue weighted by molar-refractivity contribution is 5.98. The van der Waals surface area contributed by atoms with Gasteiger partial charge in [0.2, 0.25) is 0 Å². The zero-order valence-corrected chi connectivity index (χ0v) is 7.41. The summed E-state index contributed by atoms with van der Waals surface area (Å²) in [5.41, 5.74) is 4.88. The second-order valence-corrected chi connectivity index (χ2v) is 2.56. The maximum Gasteiger partial charge on any atom is 0.295 e. The highest BCUT2D eigenvalue weighted by atomic mass is 16.2. The molecule has 0 atom stereocenters. The third-order valence-corrected chi connectivity index (χ3v) is 1.68. The number of quaternary nitrogens is 1. The highest BCUT2D eigenvalue weighted by Crippen LogP contribution is 2.04. The van der Waals surface area contributed by atoms with E-state index in [1.54, 1.807) is 18.2 Å². The molecule has 0 radical (unpaired) electrons. The highest BCUT2D eigenvalue weighted by Gasteiger charge is 2.08. The average molecular weight is 195 g/mol. The lowest BCUT2D eigenvalue weighted by molar-refractivity contribution is -0.422. The Morgan fingerprint density at radius 1 is 1.21 bits per heavy atom. The van der Waals surface area contributed by atoms with Crippen molar-refractivity contribution in [3.63, 3.8) is 0 Å². The summed E-state index contributed by atoms with van der Waals surface area (Å²) in [4.78, 5) is 22.2. The summed E-state index contributed by atoms with van der Waals surface area (Å²) in [7, 11) is 0. The van der Waals surface area contributed by atoms with Gasteiger partial charge in [-0.2, -0.15) is 0 Å². The molecule has 14 heavy (non-hydrogen) atoms. The molecule has 0 spiro atoms. The Balaban J connectivity index is 3.01. The fourth-order valence-electron chi connectivity index (χ4n) is 0.987. The maximum atomic E-state index is 11.1. The lowest BCUT2D eigenvalue weighted by Crippen LogP contribution is -2.67. The molecule has 1 rings (SSSR count). The molecule has 0 bridgehead atoms. The van der Waals surface area contributed by atoms with Crippen LogP contribution in [0, 0.1) is 0 Å². The number of hydrogen-bond acceptors (Lipinski definition) is 3. The van der Waals surface area contributed by atoms with Gasteiger partial charge in [-0.25, -0.2) is 11.3 Å². The van der Waals surface area contributed by atoms with Gasteiger partial charge in [0.05, 0.1) is 0 Å². The average Bonchev–Trinajstić information content (AvgIpc) is 2.27. The summed E-state index contributed by atoms with van der Waals surface area (Å²) < 4.78 is 0. The van der Waals surface area contributed by atoms with E-state index in [1.165, 1.54) is 6.07 Å². The number of hydrogen-bond donors (Lipinski definition) is 4. The Hall–Kier alpha value is -1.92. The van der Waals surface area contributed by atoms with Crippen LogP contribution in [0.5, 0.6) is 0 Å². The summed E-state index contributed by atoms with van der Waals surface area (Å²) in [5, 5.41) is 0. The van der Waals surface area contributed by atoms with E-state index in [9.17, 15) is 9.59 Å². The number of hydrazine groups is 1. The van der Waals surface area contributed by atoms with Crippen LogP contribution in [0.4, 0.5) is 0 Å². The van der Waals surface area contributed by atoms with Gasteiger partial charge in [0.15, 0.2) is 0 Å². The molecule has 6 heteroatoms. The van der Waals surface area contributed by atoms with Gasteiger partial charge in [0.1, 0.15) is 0 Å². The van der Waals surface area contributed by atoms with Crippen molar-refractivity contribution in [2.24, 2.45) is 5.84 Å². The fourth-order valence-corrected chi connectivity index (χ4v) is 0.987. The molecular weight excluding hydrogens is 184 g/mol. The van der Waals surface area contributed by atoms with Crippen molar-refractivity contribution in [2.75, 3.05) is 0 Å². The largest absolute Gasteiger partial charge is 0.295 e. The predicted molar refractivity (Wildman–Crippen MR) is 48.4 cm³/mol. The van der Waals surface area contributed by atoms with Crippen molar-refractivity contribution in [2.45, 2.75) is 0 Å². The standard InChI is InChI=1S/C8H10N4O2/c9-11-7(13)5-2-1-3-6(4-5)8(14)12-10/h1-4H,9-10H2,(H,11,13)(H,12,14)/p+1. The van der Waals surface area contributed by atoms with Gasteiger partial charge in [-0.1, -0.05) is 6.07 Å². The minimum absolute atomic E-state index is 0.327. The van der Waals surface area contributed by atoms with Crippen molar-refractivity contribution in [1.82, 2.24) is 10.9 Å². The van der Waals surface area contributed by atoms with E-state index >= 15 is 0 Å². The summed E-state index contributed by atoms with van der Waals surface area (Å²) in [6.07, 6.45) is 0. The number of carbonyl (C=O) groups excluding carboxylic acids is 2. The van der Waals surface area contributed by atoms with Crippen molar-refractivity contribution in [3.05, 3.63) is 35.4 Å². The van der Waals surface area contributed by atoms with Crippen LogP contribution in [-0.2, 0) is 0 Å². The summed E-state index contributed by atoms with van der Waals surface area (Å²) >= 11 is 0. The van der Waals surface area contributed by atoms with Gasteiger partial charge in [-0.3, -0.25) is 20.9 Å². The Morgan fingerprint density at radius 2 is 1.79 bits per heavy atom. The zero-order chi connectivity index (χ0) is 10.6. The van der Waals surface area contributed by atoms with Gasteiger partial charge in [-0.15, -0.1) is 0 Å². The molecule has 0 aliphatic carbocycles. The first-order chi connectivity index (χ1) is 6.69. The Kier molecular flexibility index (Phi) is 3.16. The van der Waals surface area contributed by atoms with E-state index in [0.29, 0.717) is 11.1 Å². The monoisotopic (exact) mass is 195 g/mol. The SMILES string of the molecule is NNC(=O)c1cccc(C(=O)N[NH3+])c1. The van der Waals surface area contributed by atoms with Crippen molar-refractivity contribution < 1.29 is 15.4 Å².